The van der Waals surface area contributed by atoms with Gasteiger partial charge in [0, 0.05) is 24.3 Å². The van der Waals surface area contributed by atoms with E-state index >= 15 is 0 Å². The number of benzene rings is 3. The van der Waals surface area contributed by atoms with Crippen molar-refractivity contribution >= 4 is 21.6 Å². The highest BCUT2D eigenvalue weighted by Gasteiger charge is 2.23. The van der Waals surface area contributed by atoms with Gasteiger partial charge in [0.15, 0.2) is 0 Å². The molecule has 3 aromatic carbocycles. The van der Waals surface area contributed by atoms with Crippen molar-refractivity contribution in [1.29, 1.82) is 0 Å². The van der Waals surface area contributed by atoms with Gasteiger partial charge < -0.3 is 9.64 Å². The zero-order valence-electron chi connectivity index (χ0n) is 17.2. The number of likely N-dealkylation sites (tertiary alicyclic amines) is 1. The standard InChI is InChI=1S/C24H24N2O4S/c1-18-9-14-22(17-23(18)24(27)26-15-5-6-16-26)31(28,29)25-19-10-12-21(13-11-19)30-20-7-3-2-4-8-20/h2-4,7-14,17,25H,5-6,15-16H2,1H3. The van der Waals surface area contributed by atoms with Gasteiger partial charge in [-0.05, 0) is 73.9 Å². The fourth-order valence-corrected chi connectivity index (χ4v) is 4.60. The van der Waals surface area contributed by atoms with E-state index in [-0.39, 0.29) is 10.8 Å². The molecule has 1 amide bonds. The van der Waals surface area contributed by atoms with Crippen LogP contribution in [0.15, 0.2) is 77.7 Å². The lowest BCUT2D eigenvalue weighted by Gasteiger charge is -2.17. The number of hydrogen-bond acceptors (Lipinski definition) is 4. The van der Waals surface area contributed by atoms with Crippen molar-refractivity contribution in [2.75, 3.05) is 17.8 Å². The molecule has 0 bridgehead atoms. The number of rotatable bonds is 6. The smallest absolute Gasteiger partial charge is 0.261 e. The molecule has 0 saturated carbocycles. The maximum Gasteiger partial charge on any atom is 0.261 e. The summed E-state index contributed by atoms with van der Waals surface area (Å²) in [5.41, 5.74) is 1.60. The minimum Gasteiger partial charge on any atom is -0.457 e. The second kappa shape index (κ2) is 8.81. The monoisotopic (exact) mass is 436 g/mol. The van der Waals surface area contributed by atoms with E-state index in [2.05, 4.69) is 4.72 Å². The molecule has 1 aliphatic heterocycles. The molecule has 3 aromatic rings. The summed E-state index contributed by atoms with van der Waals surface area (Å²) < 4.78 is 34.1. The largest absolute Gasteiger partial charge is 0.457 e. The van der Waals surface area contributed by atoms with Crippen LogP contribution in [0.25, 0.3) is 0 Å². The van der Waals surface area contributed by atoms with Crippen LogP contribution < -0.4 is 9.46 Å². The molecular weight excluding hydrogens is 412 g/mol. The second-order valence-electron chi connectivity index (χ2n) is 7.52. The lowest BCUT2D eigenvalue weighted by atomic mass is 10.1. The van der Waals surface area contributed by atoms with Crippen molar-refractivity contribution in [3.05, 3.63) is 83.9 Å². The number of nitrogens with one attached hydrogen (secondary N) is 1. The Bertz CT molecular complexity index is 1170. The van der Waals surface area contributed by atoms with Crippen molar-refractivity contribution in [3.8, 4) is 11.5 Å². The molecule has 7 heteroatoms. The van der Waals surface area contributed by atoms with E-state index in [1.165, 1.54) is 12.1 Å². The molecule has 160 valence electrons. The van der Waals surface area contributed by atoms with Crippen LogP contribution in [0.3, 0.4) is 0 Å². The Balaban J connectivity index is 1.51. The number of nitrogens with zero attached hydrogens (tertiary/aromatic N) is 1. The van der Waals surface area contributed by atoms with Crippen LogP contribution in [0.4, 0.5) is 5.69 Å². The normalized spacial score (nSPS) is 13.8. The van der Waals surface area contributed by atoms with Crippen LogP contribution in [0.1, 0.15) is 28.8 Å². The number of ether oxygens (including phenoxy) is 1. The molecule has 1 N–H and O–H groups in total. The van der Waals surface area contributed by atoms with Gasteiger partial charge in [-0.25, -0.2) is 8.42 Å². The van der Waals surface area contributed by atoms with Gasteiger partial charge in [-0.15, -0.1) is 0 Å². The number of sulfonamides is 1. The van der Waals surface area contributed by atoms with Crippen LogP contribution in [0.2, 0.25) is 0 Å². The molecular formula is C24H24N2O4S. The van der Waals surface area contributed by atoms with Crippen LogP contribution in [-0.4, -0.2) is 32.3 Å². The number of carbonyl (C=O) groups is 1. The molecule has 1 heterocycles. The second-order valence-corrected chi connectivity index (χ2v) is 9.20. The molecule has 0 radical (unpaired) electrons. The zero-order chi connectivity index (χ0) is 21.8. The molecule has 0 unspecified atom stereocenters. The Morgan fingerprint density at radius 3 is 2.23 bits per heavy atom. The Hall–Kier alpha value is -3.32. The van der Waals surface area contributed by atoms with Gasteiger partial charge in [0.1, 0.15) is 11.5 Å². The summed E-state index contributed by atoms with van der Waals surface area (Å²) in [7, 11) is -3.84. The Morgan fingerprint density at radius 2 is 1.55 bits per heavy atom. The van der Waals surface area contributed by atoms with Crippen LogP contribution in [0, 0.1) is 6.92 Å². The lowest BCUT2D eigenvalue weighted by molar-refractivity contribution is 0.0792. The highest BCUT2D eigenvalue weighted by atomic mass is 32.2. The molecule has 0 aromatic heterocycles. The maximum atomic E-state index is 12.9. The number of amides is 1. The highest BCUT2D eigenvalue weighted by Crippen LogP contribution is 2.25. The number of anilines is 1. The zero-order valence-corrected chi connectivity index (χ0v) is 18.1. The molecule has 0 spiro atoms. The highest BCUT2D eigenvalue weighted by molar-refractivity contribution is 7.92. The molecule has 1 aliphatic rings. The van der Waals surface area contributed by atoms with Crippen LogP contribution in [0.5, 0.6) is 11.5 Å². The predicted molar refractivity (Wildman–Crippen MR) is 120 cm³/mol. The van der Waals surface area contributed by atoms with Crippen molar-refractivity contribution < 1.29 is 17.9 Å². The van der Waals surface area contributed by atoms with Crippen molar-refractivity contribution in [3.63, 3.8) is 0 Å². The minimum atomic E-state index is -3.84. The first-order valence-electron chi connectivity index (χ1n) is 10.2. The molecule has 0 atom stereocenters. The van der Waals surface area contributed by atoms with E-state index in [1.54, 1.807) is 35.2 Å². The van der Waals surface area contributed by atoms with E-state index in [4.69, 9.17) is 4.74 Å². The van der Waals surface area contributed by atoms with Gasteiger partial charge >= 0.3 is 0 Å². The van der Waals surface area contributed by atoms with Crippen LogP contribution in [-0.2, 0) is 10.0 Å². The summed E-state index contributed by atoms with van der Waals surface area (Å²) in [6, 6.07) is 20.7. The average molecular weight is 437 g/mol. The van der Waals surface area contributed by atoms with E-state index in [0.29, 0.717) is 35.8 Å². The van der Waals surface area contributed by atoms with E-state index in [0.717, 1.165) is 18.4 Å². The maximum absolute atomic E-state index is 12.9. The van der Waals surface area contributed by atoms with Gasteiger partial charge in [0.05, 0.1) is 4.90 Å². The quantitative estimate of drug-likeness (QED) is 0.601. The van der Waals surface area contributed by atoms with Crippen molar-refractivity contribution in [1.82, 2.24) is 4.90 Å². The SMILES string of the molecule is Cc1ccc(S(=O)(=O)Nc2ccc(Oc3ccccc3)cc2)cc1C(=O)N1CCCC1. The topological polar surface area (TPSA) is 75.7 Å². The van der Waals surface area contributed by atoms with Crippen molar-refractivity contribution in [2.24, 2.45) is 0 Å². The van der Waals surface area contributed by atoms with Crippen LogP contribution >= 0.6 is 0 Å². The third-order valence-corrected chi connectivity index (χ3v) is 6.61. The summed E-state index contributed by atoms with van der Waals surface area (Å²) in [4.78, 5) is 14.6. The third kappa shape index (κ3) is 4.88. The molecule has 31 heavy (non-hydrogen) atoms. The van der Waals surface area contributed by atoms with E-state index in [1.807, 2.05) is 37.3 Å². The lowest BCUT2D eigenvalue weighted by Crippen LogP contribution is -2.28. The van der Waals surface area contributed by atoms with Gasteiger partial charge in [-0.2, -0.15) is 0 Å². The minimum absolute atomic E-state index is 0.0604. The molecule has 0 aliphatic carbocycles. The third-order valence-electron chi connectivity index (χ3n) is 5.23. The Morgan fingerprint density at radius 1 is 0.903 bits per heavy atom. The number of carbonyl (C=O) groups excluding carboxylic acids is 1. The first-order chi connectivity index (χ1) is 14.9. The van der Waals surface area contributed by atoms with Gasteiger partial charge in [0.25, 0.3) is 15.9 Å². The Kier molecular flexibility index (Phi) is 5.95. The summed E-state index contributed by atoms with van der Waals surface area (Å²) in [6.45, 7) is 3.24. The fourth-order valence-electron chi connectivity index (χ4n) is 3.52. The van der Waals surface area contributed by atoms with E-state index in [9.17, 15) is 13.2 Å². The fraction of sp³-hybridized carbons (Fsp3) is 0.208. The first-order valence-corrected chi connectivity index (χ1v) is 11.7. The molecule has 4 rings (SSSR count). The molecule has 6 nitrogen and oxygen atoms in total. The predicted octanol–water partition coefficient (Wildman–Crippen LogP) is 4.82. The number of hydrogen-bond donors (Lipinski definition) is 1. The average Bonchev–Trinajstić information content (AvgIpc) is 3.30. The Labute approximate surface area is 182 Å². The summed E-state index contributed by atoms with van der Waals surface area (Å²) in [6.07, 6.45) is 1.96. The van der Waals surface area contributed by atoms with E-state index < -0.39 is 10.0 Å². The molecule has 1 fully saturated rings. The first kappa shape index (κ1) is 20.9. The molecule has 1 saturated heterocycles. The van der Waals surface area contributed by atoms with Gasteiger partial charge in [-0.1, -0.05) is 24.3 Å². The number of aryl methyl sites for hydroxylation is 1. The summed E-state index contributed by atoms with van der Waals surface area (Å²) >= 11 is 0. The summed E-state index contributed by atoms with van der Waals surface area (Å²) in [5.74, 6) is 1.18. The van der Waals surface area contributed by atoms with Gasteiger partial charge in [0.2, 0.25) is 0 Å². The van der Waals surface area contributed by atoms with Crippen molar-refractivity contribution in [2.45, 2.75) is 24.7 Å². The number of para-hydroxylation sites is 1. The van der Waals surface area contributed by atoms with Gasteiger partial charge in [-0.3, -0.25) is 9.52 Å². The summed E-state index contributed by atoms with van der Waals surface area (Å²) in [5, 5.41) is 0.